The number of pyridine rings is 1. The third-order valence-corrected chi connectivity index (χ3v) is 3.74. The summed E-state index contributed by atoms with van der Waals surface area (Å²) in [6.07, 6.45) is 4.05. The maximum Gasteiger partial charge on any atom is 0.266 e. The SMILES string of the molecule is CCNc1ncc(S(=O)(=O)Nc2cc(C)ccn2)cn1. The van der Waals surface area contributed by atoms with E-state index in [2.05, 4.69) is 25.0 Å². The van der Waals surface area contributed by atoms with E-state index in [0.717, 1.165) is 5.56 Å². The van der Waals surface area contributed by atoms with Crippen LogP contribution in [0.2, 0.25) is 0 Å². The maximum atomic E-state index is 12.1. The summed E-state index contributed by atoms with van der Waals surface area (Å²) < 4.78 is 26.6. The van der Waals surface area contributed by atoms with E-state index in [9.17, 15) is 8.42 Å². The van der Waals surface area contributed by atoms with Gasteiger partial charge in [0.05, 0.1) is 12.4 Å². The van der Waals surface area contributed by atoms with Gasteiger partial charge in [-0.1, -0.05) is 0 Å². The van der Waals surface area contributed by atoms with Gasteiger partial charge in [-0.3, -0.25) is 4.72 Å². The van der Waals surface area contributed by atoms with Crippen LogP contribution >= 0.6 is 0 Å². The van der Waals surface area contributed by atoms with Gasteiger partial charge in [-0.05, 0) is 31.5 Å². The average Bonchev–Trinajstić information content (AvgIpc) is 2.39. The molecule has 0 unspecified atom stereocenters. The lowest BCUT2D eigenvalue weighted by Gasteiger charge is -2.07. The molecule has 0 saturated heterocycles. The Kier molecular flexibility index (Phi) is 4.14. The molecule has 7 nitrogen and oxygen atoms in total. The predicted molar refractivity (Wildman–Crippen MR) is 76.0 cm³/mol. The molecule has 0 aliphatic heterocycles. The summed E-state index contributed by atoms with van der Waals surface area (Å²) in [5.41, 5.74) is 0.913. The lowest BCUT2D eigenvalue weighted by molar-refractivity contribution is 0.600. The largest absolute Gasteiger partial charge is 0.355 e. The van der Waals surface area contributed by atoms with E-state index in [1.54, 1.807) is 12.1 Å². The van der Waals surface area contributed by atoms with Gasteiger partial charge in [-0.15, -0.1) is 0 Å². The summed E-state index contributed by atoms with van der Waals surface area (Å²) in [4.78, 5) is 11.8. The molecule has 0 fully saturated rings. The summed E-state index contributed by atoms with van der Waals surface area (Å²) in [6, 6.07) is 3.43. The van der Waals surface area contributed by atoms with Crippen LogP contribution in [0.5, 0.6) is 0 Å². The number of sulfonamides is 1. The summed E-state index contributed by atoms with van der Waals surface area (Å²) in [6.45, 7) is 4.42. The molecule has 0 atom stereocenters. The van der Waals surface area contributed by atoms with Crippen molar-refractivity contribution >= 4 is 21.8 Å². The molecule has 8 heteroatoms. The molecule has 0 radical (unpaired) electrons. The van der Waals surface area contributed by atoms with Crippen LogP contribution in [0.25, 0.3) is 0 Å². The van der Waals surface area contributed by atoms with Gasteiger partial charge in [0.25, 0.3) is 10.0 Å². The van der Waals surface area contributed by atoms with Gasteiger partial charge in [0.2, 0.25) is 5.95 Å². The Hall–Kier alpha value is -2.22. The molecule has 0 spiro atoms. The topological polar surface area (TPSA) is 96.9 Å². The second-order valence-electron chi connectivity index (χ2n) is 4.10. The molecular weight excluding hydrogens is 278 g/mol. The first-order valence-electron chi connectivity index (χ1n) is 6.02. The molecule has 2 N–H and O–H groups in total. The maximum absolute atomic E-state index is 12.1. The number of hydrogen-bond acceptors (Lipinski definition) is 6. The molecule has 2 rings (SSSR count). The van der Waals surface area contributed by atoms with Crippen molar-refractivity contribution < 1.29 is 8.42 Å². The minimum atomic E-state index is -3.73. The highest BCUT2D eigenvalue weighted by Crippen LogP contribution is 2.14. The Balaban J connectivity index is 2.21. The van der Waals surface area contributed by atoms with Crippen molar-refractivity contribution in [3.05, 3.63) is 36.3 Å². The zero-order chi connectivity index (χ0) is 14.6. The highest BCUT2D eigenvalue weighted by molar-refractivity contribution is 7.92. The predicted octanol–water partition coefficient (Wildman–Crippen LogP) is 1.41. The van der Waals surface area contributed by atoms with E-state index < -0.39 is 10.0 Å². The van der Waals surface area contributed by atoms with Crippen molar-refractivity contribution in [3.63, 3.8) is 0 Å². The Bertz CT molecular complexity index is 685. The van der Waals surface area contributed by atoms with Crippen LogP contribution in [0.3, 0.4) is 0 Å². The van der Waals surface area contributed by atoms with Crippen molar-refractivity contribution in [1.82, 2.24) is 15.0 Å². The monoisotopic (exact) mass is 293 g/mol. The van der Waals surface area contributed by atoms with Crippen LogP contribution in [-0.4, -0.2) is 29.9 Å². The number of nitrogens with zero attached hydrogens (tertiary/aromatic N) is 3. The molecule has 0 amide bonds. The molecule has 0 aliphatic rings. The van der Waals surface area contributed by atoms with E-state index in [1.165, 1.54) is 18.6 Å². The Morgan fingerprint density at radius 1 is 1.20 bits per heavy atom. The summed E-state index contributed by atoms with van der Waals surface area (Å²) in [7, 11) is -3.73. The van der Waals surface area contributed by atoms with Crippen LogP contribution < -0.4 is 10.0 Å². The zero-order valence-electron chi connectivity index (χ0n) is 11.2. The van der Waals surface area contributed by atoms with Gasteiger partial charge in [-0.2, -0.15) is 0 Å². The fourth-order valence-electron chi connectivity index (χ4n) is 1.49. The number of nitrogens with one attached hydrogen (secondary N) is 2. The standard InChI is InChI=1S/C12H15N5O2S/c1-3-13-12-15-7-10(8-16-12)20(18,19)17-11-6-9(2)4-5-14-11/h4-8H,3H2,1-2H3,(H,14,17)(H,13,15,16). The van der Waals surface area contributed by atoms with E-state index >= 15 is 0 Å². The molecule has 0 aromatic carbocycles. The molecule has 0 bridgehead atoms. The van der Waals surface area contributed by atoms with Gasteiger partial charge in [-0.25, -0.2) is 23.4 Å². The highest BCUT2D eigenvalue weighted by Gasteiger charge is 2.16. The molecule has 2 aromatic heterocycles. The summed E-state index contributed by atoms with van der Waals surface area (Å²) in [5.74, 6) is 0.654. The number of aromatic nitrogens is 3. The van der Waals surface area contributed by atoms with Crippen molar-refractivity contribution in [1.29, 1.82) is 0 Å². The Morgan fingerprint density at radius 2 is 1.90 bits per heavy atom. The molecule has 20 heavy (non-hydrogen) atoms. The number of rotatable bonds is 5. The first-order chi connectivity index (χ1) is 9.51. The summed E-state index contributed by atoms with van der Waals surface area (Å²) >= 11 is 0. The zero-order valence-corrected chi connectivity index (χ0v) is 12.0. The number of hydrogen-bond donors (Lipinski definition) is 2. The minimum Gasteiger partial charge on any atom is -0.355 e. The molecule has 0 saturated carbocycles. The third-order valence-electron chi connectivity index (χ3n) is 2.43. The first kappa shape index (κ1) is 14.2. The van der Waals surface area contributed by atoms with E-state index in [-0.39, 0.29) is 10.7 Å². The molecule has 106 valence electrons. The number of anilines is 2. The highest BCUT2D eigenvalue weighted by atomic mass is 32.2. The van der Waals surface area contributed by atoms with Gasteiger partial charge in [0, 0.05) is 12.7 Å². The smallest absolute Gasteiger partial charge is 0.266 e. The number of aryl methyl sites for hydroxylation is 1. The third kappa shape index (κ3) is 3.41. The lowest BCUT2D eigenvalue weighted by Crippen LogP contribution is -2.15. The molecule has 0 aliphatic carbocycles. The van der Waals surface area contributed by atoms with Crippen LogP contribution in [0, 0.1) is 6.92 Å². The van der Waals surface area contributed by atoms with Crippen LogP contribution in [-0.2, 0) is 10.0 Å². The molecule has 2 aromatic rings. The van der Waals surface area contributed by atoms with E-state index in [4.69, 9.17) is 0 Å². The molecular formula is C12H15N5O2S. The van der Waals surface area contributed by atoms with Gasteiger partial charge >= 0.3 is 0 Å². The minimum absolute atomic E-state index is 0.0116. The van der Waals surface area contributed by atoms with Gasteiger partial charge < -0.3 is 5.32 Å². The van der Waals surface area contributed by atoms with Crippen LogP contribution in [0.15, 0.2) is 35.6 Å². The quantitative estimate of drug-likeness (QED) is 0.865. The van der Waals surface area contributed by atoms with Crippen molar-refractivity contribution in [2.45, 2.75) is 18.7 Å². The fraction of sp³-hybridized carbons (Fsp3) is 0.250. The fourth-order valence-corrected chi connectivity index (χ4v) is 2.38. The van der Waals surface area contributed by atoms with Crippen LogP contribution in [0.1, 0.15) is 12.5 Å². The second-order valence-corrected chi connectivity index (χ2v) is 5.78. The van der Waals surface area contributed by atoms with Crippen molar-refractivity contribution in [2.24, 2.45) is 0 Å². The lowest BCUT2D eigenvalue weighted by atomic mass is 10.3. The second kappa shape index (κ2) is 5.83. The summed E-state index contributed by atoms with van der Waals surface area (Å²) in [5, 5.41) is 2.89. The Labute approximate surface area is 117 Å². The normalized spacial score (nSPS) is 11.1. The molecule has 2 heterocycles. The van der Waals surface area contributed by atoms with Crippen LogP contribution in [0.4, 0.5) is 11.8 Å². The van der Waals surface area contributed by atoms with Gasteiger partial charge in [0.15, 0.2) is 0 Å². The Morgan fingerprint density at radius 3 is 2.50 bits per heavy atom. The first-order valence-corrected chi connectivity index (χ1v) is 7.51. The van der Waals surface area contributed by atoms with Crippen molar-refractivity contribution in [3.8, 4) is 0 Å². The van der Waals surface area contributed by atoms with E-state index in [0.29, 0.717) is 12.5 Å². The van der Waals surface area contributed by atoms with E-state index in [1.807, 2.05) is 13.8 Å². The van der Waals surface area contributed by atoms with Crippen molar-refractivity contribution in [2.75, 3.05) is 16.6 Å². The average molecular weight is 293 g/mol. The van der Waals surface area contributed by atoms with Gasteiger partial charge in [0.1, 0.15) is 10.7 Å².